The molecule has 1 aliphatic carbocycles. The van der Waals surface area contributed by atoms with E-state index in [-0.39, 0.29) is 23.0 Å². The van der Waals surface area contributed by atoms with Crippen molar-refractivity contribution in [1.82, 2.24) is 10.6 Å². The van der Waals surface area contributed by atoms with E-state index in [9.17, 15) is 18.8 Å². The van der Waals surface area contributed by atoms with Gasteiger partial charge >= 0.3 is 0 Å². The van der Waals surface area contributed by atoms with E-state index in [1.807, 2.05) is 0 Å². The highest BCUT2D eigenvalue weighted by Crippen LogP contribution is 2.29. The van der Waals surface area contributed by atoms with Crippen molar-refractivity contribution >= 4 is 40.7 Å². The normalized spacial score (nSPS) is 19.9. The van der Waals surface area contributed by atoms with Crippen molar-refractivity contribution in [2.75, 3.05) is 18.5 Å². The number of aliphatic imine (C=N–C) groups is 1. The van der Waals surface area contributed by atoms with Gasteiger partial charge in [-0.15, -0.1) is 0 Å². The van der Waals surface area contributed by atoms with E-state index in [4.69, 9.17) is 17.3 Å². The summed E-state index contributed by atoms with van der Waals surface area (Å²) in [5, 5.41) is 8.51. The summed E-state index contributed by atoms with van der Waals surface area (Å²) in [6.07, 6.45) is 5.71. The van der Waals surface area contributed by atoms with Crippen LogP contribution in [0.1, 0.15) is 48.0 Å². The lowest BCUT2D eigenvalue weighted by Crippen LogP contribution is -2.58. The summed E-state index contributed by atoms with van der Waals surface area (Å²) in [6.45, 7) is 0.574. The minimum Gasteiger partial charge on any atom is -0.367 e. The highest BCUT2D eigenvalue weighted by Gasteiger charge is 2.49. The molecule has 2 aliphatic rings. The first-order valence-electron chi connectivity index (χ1n) is 11.6. The Kier molecular flexibility index (Phi) is 7.47. The molecule has 3 amide bonds. The van der Waals surface area contributed by atoms with Crippen molar-refractivity contribution in [3.63, 3.8) is 0 Å². The number of rotatable bonds is 8. The second-order valence-corrected chi connectivity index (χ2v) is 9.21. The molecule has 0 saturated heterocycles. The van der Waals surface area contributed by atoms with E-state index in [1.54, 1.807) is 24.3 Å². The molecule has 4 rings (SSSR count). The van der Waals surface area contributed by atoms with Gasteiger partial charge in [0.25, 0.3) is 11.8 Å². The average molecular weight is 500 g/mol. The van der Waals surface area contributed by atoms with Crippen LogP contribution in [-0.4, -0.2) is 36.6 Å². The van der Waals surface area contributed by atoms with E-state index in [0.29, 0.717) is 23.7 Å². The number of carbonyl (C=O) groups is 3. The molecule has 0 spiro atoms. The van der Waals surface area contributed by atoms with Crippen LogP contribution in [0.5, 0.6) is 0 Å². The molecule has 1 saturated carbocycles. The molecule has 1 heterocycles. The Balaban J connectivity index is 1.47. The lowest BCUT2D eigenvalue weighted by molar-refractivity contribution is -0.123. The number of anilines is 1. The van der Waals surface area contributed by atoms with Crippen molar-refractivity contribution in [3.8, 4) is 0 Å². The van der Waals surface area contributed by atoms with Crippen LogP contribution in [0.15, 0.2) is 47.5 Å². The van der Waals surface area contributed by atoms with Crippen molar-refractivity contribution in [3.05, 3.63) is 64.4 Å². The molecular weight excluding hydrogens is 473 g/mol. The molecule has 184 valence electrons. The monoisotopic (exact) mass is 499 g/mol. The number of nitrogens with zero attached hydrogens (tertiary/aromatic N) is 1. The number of hydrogen-bond acceptors (Lipinski definition) is 5. The maximum atomic E-state index is 13.3. The summed E-state index contributed by atoms with van der Waals surface area (Å²) < 4.78 is 13.3. The lowest BCUT2D eigenvalue weighted by atomic mass is 9.84. The molecule has 0 radical (unpaired) electrons. The quantitative estimate of drug-likeness (QED) is 0.445. The van der Waals surface area contributed by atoms with Crippen molar-refractivity contribution in [1.29, 1.82) is 0 Å². The Morgan fingerprint density at radius 1 is 1.11 bits per heavy atom. The summed E-state index contributed by atoms with van der Waals surface area (Å²) in [5.41, 5.74) is 5.16. The minimum atomic E-state index is -1.58. The van der Waals surface area contributed by atoms with E-state index in [0.717, 1.165) is 18.6 Å². The Morgan fingerprint density at radius 3 is 2.49 bits per heavy atom. The standard InChI is InChI=1S/C25H27ClFN5O3/c26-20-13-17(27)7-10-19(20)22(33)32-18-8-5-16(6-9-18)25(24(28)35)21(30-14-31-25)23(34)29-12-11-15-3-1-2-4-15/h5-10,13,15,31H,1-4,11-12,14H2,(H2,28,35)(H,29,34)(H,32,33). The first-order chi connectivity index (χ1) is 16.8. The van der Waals surface area contributed by atoms with Crippen LogP contribution in [0.4, 0.5) is 10.1 Å². The Labute approximate surface area is 207 Å². The van der Waals surface area contributed by atoms with Crippen LogP contribution < -0.4 is 21.7 Å². The van der Waals surface area contributed by atoms with Gasteiger partial charge in [0.1, 0.15) is 11.5 Å². The predicted octanol–water partition coefficient (Wildman–Crippen LogP) is 3.11. The third kappa shape index (κ3) is 5.21. The first kappa shape index (κ1) is 24.8. The number of hydrogen-bond donors (Lipinski definition) is 4. The third-order valence-corrected chi connectivity index (χ3v) is 6.90. The average Bonchev–Trinajstić information content (AvgIpc) is 3.50. The van der Waals surface area contributed by atoms with Gasteiger partial charge < -0.3 is 16.4 Å². The summed E-state index contributed by atoms with van der Waals surface area (Å²) in [7, 11) is 0. The zero-order valence-electron chi connectivity index (χ0n) is 19.1. The minimum absolute atomic E-state index is 0.0123. The zero-order valence-corrected chi connectivity index (χ0v) is 19.8. The number of halogens is 2. The predicted molar refractivity (Wildman–Crippen MR) is 132 cm³/mol. The highest BCUT2D eigenvalue weighted by molar-refractivity contribution is 6.47. The van der Waals surface area contributed by atoms with Gasteiger partial charge in [0, 0.05) is 12.2 Å². The van der Waals surface area contributed by atoms with Crippen LogP contribution in [0, 0.1) is 11.7 Å². The van der Waals surface area contributed by atoms with Crippen LogP contribution in [0.25, 0.3) is 0 Å². The van der Waals surface area contributed by atoms with Gasteiger partial charge in [-0.1, -0.05) is 49.4 Å². The van der Waals surface area contributed by atoms with Gasteiger partial charge in [-0.2, -0.15) is 0 Å². The molecule has 1 aliphatic heterocycles. The Bertz CT molecular complexity index is 1160. The molecule has 35 heavy (non-hydrogen) atoms. The van der Waals surface area contributed by atoms with Crippen LogP contribution in [-0.2, 0) is 15.1 Å². The topological polar surface area (TPSA) is 126 Å². The molecule has 1 atom stereocenters. The molecule has 8 nitrogen and oxygen atoms in total. The van der Waals surface area contributed by atoms with Gasteiger partial charge in [-0.3, -0.25) is 24.7 Å². The highest BCUT2D eigenvalue weighted by atomic mass is 35.5. The lowest BCUT2D eigenvalue weighted by Gasteiger charge is -2.28. The maximum Gasteiger partial charge on any atom is 0.268 e. The van der Waals surface area contributed by atoms with Gasteiger partial charge in [0.15, 0.2) is 5.54 Å². The van der Waals surface area contributed by atoms with E-state index in [2.05, 4.69) is 20.9 Å². The number of nitrogens with two attached hydrogens (primary N) is 1. The van der Waals surface area contributed by atoms with E-state index in [1.165, 1.54) is 31.7 Å². The smallest absolute Gasteiger partial charge is 0.268 e. The third-order valence-electron chi connectivity index (χ3n) is 6.59. The van der Waals surface area contributed by atoms with Crippen molar-refractivity contribution in [2.24, 2.45) is 16.6 Å². The summed E-state index contributed by atoms with van der Waals surface area (Å²) in [4.78, 5) is 42.3. The van der Waals surface area contributed by atoms with Crippen LogP contribution in [0.3, 0.4) is 0 Å². The molecule has 0 aromatic heterocycles. The zero-order chi connectivity index (χ0) is 25.0. The molecule has 1 unspecified atom stereocenters. The fraction of sp³-hybridized carbons (Fsp3) is 0.360. The fourth-order valence-corrected chi connectivity index (χ4v) is 4.97. The van der Waals surface area contributed by atoms with E-state index >= 15 is 0 Å². The molecule has 1 fully saturated rings. The molecule has 2 aromatic carbocycles. The molecular formula is C25H27ClFN5O3. The molecule has 2 aromatic rings. The van der Waals surface area contributed by atoms with Crippen molar-refractivity contribution in [2.45, 2.75) is 37.6 Å². The summed E-state index contributed by atoms with van der Waals surface area (Å²) in [6, 6.07) is 9.82. The van der Waals surface area contributed by atoms with Gasteiger partial charge in [-0.25, -0.2) is 4.39 Å². The number of amides is 3. The van der Waals surface area contributed by atoms with Gasteiger partial charge in [0.05, 0.1) is 17.3 Å². The second kappa shape index (κ2) is 10.5. The van der Waals surface area contributed by atoms with Gasteiger partial charge in [-0.05, 0) is 48.2 Å². The maximum absolute atomic E-state index is 13.3. The van der Waals surface area contributed by atoms with Crippen LogP contribution >= 0.6 is 11.6 Å². The molecule has 5 N–H and O–H groups in total. The second-order valence-electron chi connectivity index (χ2n) is 8.81. The van der Waals surface area contributed by atoms with Crippen LogP contribution in [0.2, 0.25) is 5.02 Å². The van der Waals surface area contributed by atoms with E-state index < -0.39 is 29.1 Å². The SMILES string of the molecule is NC(=O)C1(c2ccc(NC(=O)c3ccc(F)cc3Cl)cc2)NCN=C1C(=O)NCCC1CCCC1. The Hall–Kier alpha value is -3.30. The number of benzene rings is 2. The summed E-state index contributed by atoms with van der Waals surface area (Å²) >= 11 is 5.96. The fourth-order valence-electron chi connectivity index (χ4n) is 4.71. The summed E-state index contributed by atoms with van der Waals surface area (Å²) in [5.74, 6) is -1.64. The molecule has 10 heteroatoms. The molecule has 0 bridgehead atoms. The number of primary amides is 1. The number of carbonyl (C=O) groups excluding carboxylic acids is 3. The number of nitrogens with one attached hydrogen (secondary N) is 3. The first-order valence-corrected chi connectivity index (χ1v) is 11.9. The van der Waals surface area contributed by atoms with Gasteiger partial charge in [0.2, 0.25) is 5.91 Å². The Morgan fingerprint density at radius 2 is 1.83 bits per heavy atom. The largest absolute Gasteiger partial charge is 0.367 e. The van der Waals surface area contributed by atoms with Crippen molar-refractivity contribution < 1.29 is 18.8 Å².